The van der Waals surface area contributed by atoms with E-state index in [2.05, 4.69) is 38.3 Å². The molecule has 0 saturated carbocycles. The largest absolute Gasteiger partial charge is 0.410 e. The Labute approximate surface area is 127 Å². The first-order valence-corrected chi connectivity index (χ1v) is 8.22. The lowest BCUT2D eigenvalue weighted by atomic mass is 10.2. The zero-order valence-electron chi connectivity index (χ0n) is 9.75. The zero-order chi connectivity index (χ0) is 13.1. The molecule has 0 aliphatic carbocycles. The van der Waals surface area contributed by atoms with E-state index in [4.69, 9.17) is 4.42 Å². The molecule has 3 aromatic rings. The van der Waals surface area contributed by atoms with Gasteiger partial charge >= 0.3 is 0 Å². The normalized spacial score (nSPS) is 10.8. The molecule has 1 aromatic carbocycles. The average molecular weight is 353 g/mol. The van der Waals surface area contributed by atoms with Crippen LogP contribution in [0.2, 0.25) is 0 Å². The molecule has 0 N–H and O–H groups in total. The van der Waals surface area contributed by atoms with Gasteiger partial charge in [-0.25, -0.2) is 0 Å². The molecule has 0 radical (unpaired) electrons. The quantitative estimate of drug-likeness (QED) is 0.629. The van der Waals surface area contributed by atoms with Gasteiger partial charge in [0.1, 0.15) is 0 Å². The van der Waals surface area contributed by atoms with Gasteiger partial charge in [0.2, 0.25) is 0 Å². The molecule has 3 rings (SSSR count). The van der Waals surface area contributed by atoms with Crippen LogP contribution in [0.3, 0.4) is 0 Å². The maximum Gasteiger partial charge on any atom is 0.277 e. The van der Waals surface area contributed by atoms with Crippen molar-refractivity contribution in [2.45, 2.75) is 11.0 Å². The molecular formula is C13H9BrN2OS2. The van der Waals surface area contributed by atoms with Gasteiger partial charge in [-0.15, -0.1) is 21.5 Å². The lowest BCUT2D eigenvalue weighted by Gasteiger charge is -1.97. The van der Waals surface area contributed by atoms with Crippen LogP contribution in [-0.2, 0) is 5.75 Å². The van der Waals surface area contributed by atoms with E-state index in [0.29, 0.717) is 11.1 Å². The lowest BCUT2D eigenvalue weighted by molar-refractivity contribution is 0.466. The number of thioether (sulfide) groups is 1. The maximum atomic E-state index is 5.62. The van der Waals surface area contributed by atoms with Crippen LogP contribution in [0.4, 0.5) is 0 Å². The molecule has 19 heavy (non-hydrogen) atoms. The third-order valence-electron chi connectivity index (χ3n) is 2.41. The third-order valence-corrected chi connectivity index (χ3v) is 4.69. The Bertz CT molecular complexity index is 650. The summed E-state index contributed by atoms with van der Waals surface area (Å²) in [7, 11) is 0. The van der Waals surface area contributed by atoms with E-state index in [9.17, 15) is 0 Å². The fourth-order valence-corrected chi connectivity index (χ4v) is 3.12. The van der Waals surface area contributed by atoms with Crippen molar-refractivity contribution in [1.29, 1.82) is 0 Å². The minimum Gasteiger partial charge on any atom is -0.410 e. The van der Waals surface area contributed by atoms with Crippen molar-refractivity contribution in [2.24, 2.45) is 0 Å². The van der Waals surface area contributed by atoms with Gasteiger partial charge in [0, 0.05) is 10.2 Å². The molecule has 0 fully saturated rings. The number of nitrogens with zero attached hydrogens (tertiary/aromatic N) is 2. The number of thiophene rings is 1. The SMILES string of the molecule is Brc1ccc(CSc2nnc(-c3cccs3)o2)cc1. The molecule has 2 heterocycles. The highest BCUT2D eigenvalue weighted by Crippen LogP contribution is 2.28. The standard InChI is InChI=1S/C13H9BrN2OS2/c14-10-5-3-9(4-6-10)8-19-13-16-15-12(17-13)11-2-1-7-18-11/h1-7H,8H2. The number of halogens is 1. The molecule has 0 spiro atoms. The Balaban J connectivity index is 1.66. The molecule has 6 heteroatoms. The Morgan fingerprint density at radius 1 is 1.16 bits per heavy atom. The molecule has 0 atom stereocenters. The first-order chi connectivity index (χ1) is 9.31. The summed E-state index contributed by atoms with van der Waals surface area (Å²) >= 11 is 6.56. The van der Waals surface area contributed by atoms with E-state index in [1.165, 1.54) is 5.56 Å². The Hall–Kier alpha value is -1.11. The van der Waals surface area contributed by atoms with Crippen molar-refractivity contribution in [3.8, 4) is 10.8 Å². The van der Waals surface area contributed by atoms with Gasteiger partial charge in [-0.1, -0.05) is 45.9 Å². The van der Waals surface area contributed by atoms with Gasteiger partial charge in [-0.2, -0.15) is 0 Å². The van der Waals surface area contributed by atoms with Crippen LogP contribution in [0, 0.1) is 0 Å². The number of benzene rings is 1. The van der Waals surface area contributed by atoms with Gasteiger partial charge < -0.3 is 4.42 Å². The predicted octanol–water partition coefficient (Wildman–Crippen LogP) is 4.85. The Kier molecular flexibility index (Phi) is 4.00. The molecule has 0 bridgehead atoms. The van der Waals surface area contributed by atoms with Crippen LogP contribution >= 0.6 is 39.0 Å². The average Bonchev–Trinajstić information content (AvgIpc) is 3.09. The third kappa shape index (κ3) is 3.26. The fraction of sp³-hybridized carbons (Fsp3) is 0.0769. The monoisotopic (exact) mass is 352 g/mol. The molecule has 0 unspecified atom stereocenters. The molecule has 3 nitrogen and oxygen atoms in total. The summed E-state index contributed by atoms with van der Waals surface area (Å²) in [6.07, 6.45) is 0. The summed E-state index contributed by atoms with van der Waals surface area (Å²) in [6.45, 7) is 0. The second kappa shape index (κ2) is 5.90. The van der Waals surface area contributed by atoms with Crippen molar-refractivity contribution in [2.75, 3.05) is 0 Å². The second-order valence-electron chi connectivity index (χ2n) is 3.77. The predicted molar refractivity (Wildman–Crippen MR) is 81.3 cm³/mol. The van der Waals surface area contributed by atoms with Crippen LogP contribution in [0.25, 0.3) is 10.8 Å². The first kappa shape index (κ1) is 12.9. The number of hydrogen-bond donors (Lipinski definition) is 0. The minimum atomic E-state index is 0.591. The summed E-state index contributed by atoms with van der Waals surface area (Å²) in [5.74, 6) is 1.41. The van der Waals surface area contributed by atoms with E-state index in [-0.39, 0.29) is 0 Å². The highest BCUT2D eigenvalue weighted by Gasteiger charge is 2.09. The summed E-state index contributed by atoms with van der Waals surface area (Å²) in [5.41, 5.74) is 1.23. The second-order valence-corrected chi connectivity index (χ2v) is 6.56. The topological polar surface area (TPSA) is 38.9 Å². The van der Waals surface area contributed by atoms with E-state index >= 15 is 0 Å². The van der Waals surface area contributed by atoms with Crippen molar-refractivity contribution < 1.29 is 4.42 Å². The summed E-state index contributed by atoms with van der Waals surface area (Å²) in [5, 5.41) is 10.7. The lowest BCUT2D eigenvalue weighted by Crippen LogP contribution is -1.80. The summed E-state index contributed by atoms with van der Waals surface area (Å²) in [4.78, 5) is 1.00. The summed E-state index contributed by atoms with van der Waals surface area (Å²) in [6, 6.07) is 12.2. The molecule has 0 amide bonds. The van der Waals surface area contributed by atoms with Gasteiger partial charge in [0.25, 0.3) is 11.1 Å². The van der Waals surface area contributed by atoms with Crippen molar-refractivity contribution in [3.63, 3.8) is 0 Å². The maximum absolute atomic E-state index is 5.62. The van der Waals surface area contributed by atoms with E-state index < -0.39 is 0 Å². The zero-order valence-corrected chi connectivity index (χ0v) is 13.0. The summed E-state index contributed by atoms with van der Waals surface area (Å²) < 4.78 is 6.70. The fourth-order valence-electron chi connectivity index (χ4n) is 1.49. The van der Waals surface area contributed by atoms with Crippen molar-refractivity contribution in [3.05, 3.63) is 51.8 Å². The van der Waals surface area contributed by atoms with Crippen molar-refractivity contribution >= 4 is 39.0 Å². The van der Waals surface area contributed by atoms with Gasteiger partial charge in [-0.3, -0.25) is 0 Å². The van der Waals surface area contributed by atoms with E-state index in [1.54, 1.807) is 23.1 Å². The molecule has 2 aromatic heterocycles. The van der Waals surface area contributed by atoms with Crippen LogP contribution in [0.1, 0.15) is 5.56 Å². The molecule has 0 aliphatic rings. The van der Waals surface area contributed by atoms with E-state index in [0.717, 1.165) is 15.1 Å². The van der Waals surface area contributed by atoms with Gasteiger partial charge in [-0.05, 0) is 29.1 Å². The van der Waals surface area contributed by atoms with Crippen LogP contribution < -0.4 is 0 Å². The molecular weight excluding hydrogens is 344 g/mol. The number of rotatable bonds is 4. The molecule has 96 valence electrons. The van der Waals surface area contributed by atoms with Crippen LogP contribution in [-0.4, -0.2) is 10.2 Å². The Morgan fingerprint density at radius 2 is 2.00 bits per heavy atom. The van der Waals surface area contributed by atoms with Gasteiger partial charge in [0.15, 0.2) is 0 Å². The number of hydrogen-bond acceptors (Lipinski definition) is 5. The van der Waals surface area contributed by atoms with Crippen LogP contribution in [0.15, 0.2) is 55.9 Å². The van der Waals surface area contributed by atoms with Crippen molar-refractivity contribution in [1.82, 2.24) is 10.2 Å². The molecule has 0 saturated heterocycles. The van der Waals surface area contributed by atoms with Gasteiger partial charge in [0.05, 0.1) is 4.88 Å². The van der Waals surface area contributed by atoms with Crippen LogP contribution in [0.5, 0.6) is 0 Å². The highest BCUT2D eigenvalue weighted by atomic mass is 79.9. The number of aromatic nitrogens is 2. The minimum absolute atomic E-state index is 0.591. The highest BCUT2D eigenvalue weighted by molar-refractivity contribution is 9.10. The Morgan fingerprint density at radius 3 is 2.74 bits per heavy atom. The van der Waals surface area contributed by atoms with E-state index in [1.807, 2.05) is 29.6 Å². The smallest absolute Gasteiger partial charge is 0.277 e. The molecule has 0 aliphatic heterocycles. The first-order valence-electron chi connectivity index (χ1n) is 5.56.